The number of carbonyl (C=O) groups is 4. The smallest absolute Gasteiger partial charge is 0.338 e. The number of ether oxygens (including phenoxy) is 1. The summed E-state index contributed by atoms with van der Waals surface area (Å²) in [4.78, 5) is 50.8. The maximum atomic E-state index is 12.8. The number of nitrogens with zero attached hydrogens (tertiary/aromatic N) is 2. The number of nitrogens with one attached hydrogen (secondary N) is 2. The van der Waals surface area contributed by atoms with Crippen molar-refractivity contribution in [3.8, 4) is 5.75 Å². The molecule has 1 atom stereocenters. The highest BCUT2D eigenvalue weighted by molar-refractivity contribution is 8.15. The summed E-state index contributed by atoms with van der Waals surface area (Å²) in [7, 11) is 0. The lowest BCUT2D eigenvalue weighted by molar-refractivity contribution is -0.127. The van der Waals surface area contributed by atoms with E-state index in [0.717, 1.165) is 11.8 Å². The molecule has 182 valence electrons. The lowest BCUT2D eigenvalue weighted by Crippen LogP contribution is -2.34. The van der Waals surface area contributed by atoms with Crippen molar-refractivity contribution in [2.75, 3.05) is 18.5 Å². The van der Waals surface area contributed by atoms with Gasteiger partial charge in [-0.1, -0.05) is 30.0 Å². The Hall–Kier alpha value is -4.12. The van der Waals surface area contributed by atoms with Gasteiger partial charge in [0.25, 0.3) is 5.91 Å². The van der Waals surface area contributed by atoms with Crippen molar-refractivity contribution in [1.82, 2.24) is 10.3 Å². The minimum atomic E-state index is -0.755. The molecule has 0 aromatic heterocycles. The largest absolute Gasteiger partial charge is 0.507 e. The van der Waals surface area contributed by atoms with Crippen LogP contribution in [0.15, 0.2) is 66.3 Å². The number of phenolic OH excluding ortho intramolecular Hbond substituents is 1. The first-order valence-corrected chi connectivity index (χ1v) is 11.5. The second-order valence-electron chi connectivity index (χ2n) is 7.25. The number of anilines is 1. The number of benzene rings is 2. The fourth-order valence-electron chi connectivity index (χ4n) is 3.13. The van der Waals surface area contributed by atoms with Crippen LogP contribution in [0.5, 0.6) is 5.75 Å². The Kier molecular flexibility index (Phi) is 8.63. The molecule has 1 heterocycles. The van der Waals surface area contributed by atoms with Crippen LogP contribution in [0, 0.1) is 0 Å². The number of hydrogen-bond donors (Lipinski definition) is 3. The normalized spacial score (nSPS) is 16.1. The molecule has 2 aromatic carbocycles. The lowest BCUT2D eigenvalue weighted by atomic mass is 10.2. The van der Waals surface area contributed by atoms with E-state index in [2.05, 4.69) is 22.4 Å². The first-order valence-electron chi connectivity index (χ1n) is 10.7. The molecule has 0 bridgehead atoms. The lowest BCUT2D eigenvalue weighted by Gasteiger charge is -2.13. The molecule has 1 saturated heterocycles. The zero-order valence-electron chi connectivity index (χ0n) is 18.9. The Labute approximate surface area is 206 Å². The zero-order chi connectivity index (χ0) is 25.4. The average Bonchev–Trinajstić information content (AvgIpc) is 3.12. The monoisotopic (exact) mass is 496 g/mol. The van der Waals surface area contributed by atoms with Gasteiger partial charge in [-0.3, -0.25) is 19.3 Å². The molecule has 0 aliphatic carbocycles. The van der Waals surface area contributed by atoms with Crippen LogP contribution < -0.4 is 10.7 Å². The van der Waals surface area contributed by atoms with Gasteiger partial charge in [-0.25, -0.2) is 10.2 Å². The van der Waals surface area contributed by atoms with Gasteiger partial charge in [-0.05, 0) is 43.3 Å². The molecule has 3 N–H and O–H groups in total. The number of hydrogen-bond acceptors (Lipinski definition) is 8. The van der Waals surface area contributed by atoms with E-state index in [1.807, 2.05) is 0 Å². The summed E-state index contributed by atoms with van der Waals surface area (Å²) < 4.78 is 4.93. The van der Waals surface area contributed by atoms with Crippen molar-refractivity contribution < 1.29 is 29.0 Å². The Morgan fingerprint density at radius 2 is 1.91 bits per heavy atom. The molecular weight excluding hydrogens is 472 g/mol. The predicted molar refractivity (Wildman–Crippen MR) is 132 cm³/mol. The number of carbonyl (C=O) groups excluding carboxylic acids is 4. The predicted octanol–water partition coefficient (Wildman–Crippen LogP) is 2.73. The number of para-hydroxylation sites is 1. The number of hydrazone groups is 1. The molecule has 0 saturated carbocycles. The van der Waals surface area contributed by atoms with Gasteiger partial charge in [0, 0.05) is 18.7 Å². The summed E-state index contributed by atoms with van der Waals surface area (Å²) in [5.41, 5.74) is 3.19. The Bertz CT molecular complexity index is 1160. The molecule has 2 aromatic rings. The number of thioether (sulfide) groups is 1. The molecule has 0 spiro atoms. The van der Waals surface area contributed by atoms with E-state index in [1.54, 1.807) is 31.2 Å². The molecular formula is C24H24N4O6S. The van der Waals surface area contributed by atoms with Crippen LogP contribution in [0.4, 0.5) is 5.69 Å². The summed E-state index contributed by atoms with van der Waals surface area (Å²) in [6.45, 7) is 5.75. The number of amides is 3. The number of aromatic hydroxyl groups is 1. The Balaban J connectivity index is 1.64. The van der Waals surface area contributed by atoms with E-state index in [1.165, 1.54) is 35.2 Å². The minimum Gasteiger partial charge on any atom is -0.507 e. The number of phenols is 1. The van der Waals surface area contributed by atoms with Gasteiger partial charge in [0.05, 0.1) is 17.7 Å². The van der Waals surface area contributed by atoms with Gasteiger partial charge in [-0.15, -0.1) is 11.7 Å². The minimum absolute atomic E-state index is 0.0337. The van der Waals surface area contributed by atoms with Crippen LogP contribution >= 0.6 is 11.8 Å². The Morgan fingerprint density at radius 3 is 2.57 bits per heavy atom. The van der Waals surface area contributed by atoms with Gasteiger partial charge in [0.15, 0.2) is 5.17 Å². The van der Waals surface area contributed by atoms with Crippen molar-refractivity contribution in [2.24, 2.45) is 5.10 Å². The highest BCUT2D eigenvalue weighted by Gasteiger charge is 2.39. The topological polar surface area (TPSA) is 137 Å². The third-order valence-electron chi connectivity index (χ3n) is 4.78. The maximum absolute atomic E-state index is 12.8. The SMILES string of the molecule is C=CCN1C(=O)C(CC(=O)Nc2ccc(C(=O)OCC)cc2)SC1=NNC(=O)c1ccccc1O. The van der Waals surface area contributed by atoms with E-state index in [4.69, 9.17) is 4.74 Å². The second kappa shape index (κ2) is 11.8. The van der Waals surface area contributed by atoms with Crippen LogP contribution in [0.2, 0.25) is 0 Å². The van der Waals surface area contributed by atoms with Gasteiger partial charge in [0.2, 0.25) is 11.8 Å². The summed E-state index contributed by atoms with van der Waals surface area (Å²) in [6.07, 6.45) is 1.37. The molecule has 0 radical (unpaired) electrons. The van der Waals surface area contributed by atoms with Gasteiger partial charge < -0.3 is 15.2 Å². The maximum Gasteiger partial charge on any atom is 0.338 e. The highest BCUT2D eigenvalue weighted by Crippen LogP contribution is 2.30. The highest BCUT2D eigenvalue weighted by atomic mass is 32.2. The first-order chi connectivity index (χ1) is 16.8. The van der Waals surface area contributed by atoms with Crippen LogP contribution in [0.1, 0.15) is 34.1 Å². The van der Waals surface area contributed by atoms with E-state index in [-0.39, 0.29) is 42.0 Å². The van der Waals surface area contributed by atoms with Crippen molar-refractivity contribution in [2.45, 2.75) is 18.6 Å². The van der Waals surface area contributed by atoms with Gasteiger partial charge >= 0.3 is 5.97 Å². The molecule has 35 heavy (non-hydrogen) atoms. The van der Waals surface area contributed by atoms with E-state index < -0.39 is 23.0 Å². The van der Waals surface area contributed by atoms with Crippen molar-refractivity contribution in [3.05, 3.63) is 72.3 Å². The quantitative estimate of drug-likeness (QED) is 0.276. The van der Waals surface area contributed by atoms with Crippen molar-refractivity contribution in [3.63, 3.8) is 0 Å². The molecule has 11 heteroatoms. The van der Waals surface area contributed by atoms with Crippen LogP contribution in [-0.2, 0) is 14.3 Å². The molecule has 10 nitrogen and oxygen atoms in total. The summed E-state index contributed by atoms with van der Waals surface area (Å²) in [5, 5.41) is 16.0. The van der Waals surface area contributed by atoms with Gasteiger partial charge in [-0.2, -0.15) is 0 Å². The fourth-order valence-corrected chi connectivity index (χ4v) is 4.24. The molecule has 3 rings (SSSR count). The fraction of sp³-hybridized carbons (Fsp3) is 0.208. The third-order valence-corrected chi connectivity index (χ3v) is 5.96. The average molecular weight is 497 g/mol. The molecule has 1 aliphatic heterocycles. The summed E-state index contributed by atoms with van der Waals surface area (Å²) in [5.74, 6) is -2.05. The van der Waals surface area contributed by atoms with E-state index in [9.17, 15) is 24.3 Å². The third kappa shape index (κ3) is 6.48. The summed E-state index contributed by atoms with van der Waals surface area (Å²) in [6, 6.07) is 12.2. The van der Waals surface area contributed by atoms with Crippen molar-refractivity contribution >= 4 is 46.3 Å². The summed E-state index contributed by atoms with van der Waals surface area (Å²) >= 11 is 1.04. The van der Waals surface area contributed by atoms with E-state index >= 15 is 0 Å². The van der Waals surface area contributed by atoms with Crippen LogP contribution in [-0.4, -0.2) is 57.3 Å². The zero-order valence-corrected chi connectivity index (χ0v) is 19.7. The molecule has 1 unspecified atom stereocenters. The molecule has 1 fully saturated rings. The standard InChI is InChI=1S/C24H24N4O6S/c1-3-13-28-22(32)19(35-24(28)27-26-21(31)17-7-5-6-8-18(17)29)14-20(30)25-16-11-9-15(10-12-16)23(33)34-4-2/h3,5-12,19,29H,1,4,13-14H2,2H3,(H,25,30)(H,26,31). The van der Waals surface area contributed by atoms with E-state index in [0.29, 0.717) is 11.3 Å². The molecule has 1 aliphatic rings. The Morgan fingerprint density at radius 1 is 1.20 bits per heavy atom. The molecule has 3 amide bonds. The number of amidine groups is 1. The van der Waals surface area contributed by atoms with Crippen molar-refractivity contribution in [1.29, 1.82) is 0 Å². The van der Waals surface area contributed by atoms with Crippen LogP contribution in [0.3, 0.4) is 0 Å². The van der Waals surface area contributed by atoms with Gasteiger partial charge in [0.1, 0.15) is 11.0 Å². The number of esters is 1. The second-order valence-corrected chi connectivity index (χ2v) is 8.42. The first kappa shape index (κ1) is 25.5. The number of rotatable bonds is 9. The van der Waals surface area contributed by atoms with Crippen LogP contribution in [0.25, 0.3) is 0 Å².